The van der Waals surface area contributed by atoms with Gasteiger partial charge in [0.25, 0.3) is 0 Å². The van der Waals surface area contributed by atoms with Gasteiger partial charge in [-0.15, -0.1) is 0 Å². The Balaban J connectivity index is 4.17. The van der Waals surface area contributed by atoms with E-state index in [-0.39, 0.29) is 12.3 Å². The summed E-state index contributed by atoms with van der Waals surface area (Å²) in [6.45, 7) is 7.91. The van der Waals surface area contributed by atoms with Crippen LogP contribution in [0.4, 0.5) is 0 Å². The number of hydrogen-bond acceptors (Lipinski definition) is 5. The second-order valence-corrected chi connectivity index (χ2v) is 6.03. The van der Waals surface area contributed by atoms with Crippen molar-refractivity contribution in [3.05, 3.63) is 0 Å². The molecule has 2 unspecified atom stereocenters. The third kappa shape index (κ3) is 7.62. The van der Waals surface area contributed by atoms with Gasteiger partial charge in [0, 0.05) is 33.0 Å². The lowest BCUT2D eigenvalue weighted by Crippen LogP contribution is -2.37. The maximum Gasteiger partial charge on any atom is 0.113 e. The number of methoxy groups -OCH3 is 2. The maximum atomic E-state index is 10.3. The molecule has 0 rings (SSSR count). The van der Waals surface area contributed by atoms with Gasteiger partial charge in [-0.05, 0) is 27.2 Å². The summed E-state index contributed by atoms with van der Waals surface area (Å²) in [5.74, 6) is 0. The van der Waals surface area contributed by atoms with Gasteiger partial charge in [-0.1, -0.05) is 0 Å². The molecule has 0 bridgehead atoms. The lowest BCUT2D eigenvalue weighted by atomic mass is 10.4. The van der Waals surface area contributed by atoms with Crippen molar-refractivity contribution in [2.45, 2.75) is 39.5 Å². The van der Waals surface area contributed by atoms with Gasteiger partial charge in [-0.3, -0.25) is 0 Å². The lowest BCUT2D eigenvalue weighted by molar-refractivity contribution is -0.0378. The third-order valence-electron chi connectivity index (χ3n) is 2.52. The third-order valence-corrected chi connectivity index (χ3v) is 4.56. The van der Waals surface area contributed by atoms with E-state index in [0.717, 1.165) is 12.6 Å². The number of rotatable bonds is 11. The van der Waals surface area contributed by atoms with E-state index in [9.17, 15) is 4.89 Å². The van der Waals surface area contributed by atoms with Gasteiger partial charge < -0.3 is 19.1 Å². The monoisotopic (exact) mass is 281 g/mol. The Morgan fingerprint density at radius 2 is 1.67 bits per heavy atom. The Kier molecular flexibility index (Phi) is 11.2. The average Bonchev–Trinajstić information content (AvgIpc) is 2.29. The predicted molar refractivity (Wildman–Crippen MR) is 74.8 cm³/mol. The Morgan fingerprint density at radius 3 is 2.17 bits per heavy atom. The highest BCUT2D eigenvalue weighted by Crippen LogP contribution is 2.40. The normalized spacial score (nSPS) is 15.3. The summed E-state index contributed by atoms with van der Waals surface area (Å²) in [5.41, 5.74) is 0. The summed E-state index contributed by atoms with van der Waals surface area (Å²) < 4.78 is 17.6. The lowest BCUT2D eigenvalue weighted by Gasteiger charge is -2.35. The van der Waals surface area contributed by atoms with Crippen molar-refractivity contribution >= 4 is 8.30 Å². The first-order valence-electron chi connectivity index (χ1n) is 6.38. The fraction of sp³-hybridized carbons (Fsp3) is 1.00. The van der Waals surface area contributed by atoms with E-state index in [4.69, 9.17) is 14.2 Å². The quantitative estimate of drug-likeness (QED) is 0.357. The summed E-state index contributed by atoms with van der Waals surface area (Å²) in [5, 5.41) is 0. The number of hydrogen-bond donors (Lipinski definition) is 1. The fourth-order valence-electron chi connectivity index (χ4n) is 1.72. The first-order chi connectivity index (χ1) is 8.54. The summed E-state index contributed by atoms with van der Waals surface area (Å²) in [4.78, 5) is 10.3. The molecular formula is C12H28NO4P. The molecule has 0 aliphatic rings. The van der Waals surface area contributed by atoms with Gasteiger partial charge in [0.05, 0.1) is 13.2 Å². The van der Waals surface area contributed by atoms with E-state index < -0.39 is 8.30 Å². The van der Waals surface area contributed by atoms with E-state index in [1.807, 2.05) is 11.6 Å². The van der Waals surface area contributed by atoms with Crippen molar-refractivity contribution in [2.24, 2.45) is 0 Å². The average molecular weight is 281 g/mol. The van der Waals surface area contributed by atoms with E-state index in [2.05, 4.69) is 13.8 Å². The first kappa shape index (κ1) is 18.2. The molecule has 0 saturated carbocycles. The van der Waals surface area contributed by atoms with E-state index in [1.54, 1.807) is 14.2 Å². The number of ether oxygens (including phenoxy) is 3. The molecule has 0 spiro atoms. The highest BCUT2D eigenvalue weighted by atomic mass is 31.2. The number of nitrogens with zero attached hydrogens (tertiary/aromatic N) is 1. The SMILES string of the molecule is COCCCP(O)N(C(C)C)C(C)OCCOC. The van der Waals surface area contributed by atoms with E-state index in [1.165, 1.54) is 0 Å². The Labute approximate surface area is 112 Å². The molecule has 5 nitrogen and oxygen atoms in total. The minimum atomic E-state index is -1.17. The van der Waals surface area contributed by atoms with Crippen molar-refractivity contribution in [3.8, 4) is 0 Å². The standard InChI is InChI=1S/C12H28NO4P/c1-11(2)13(12(3)17-9-8-16-5)18(14)10-6-7-15-4/h11-12,14H,6-10H2,1-5H3. The van der Waals surface area contributed by atoms with Crippen LogP contribution < -0.4 is 0 Å². The molecule has 0 aliphatic carbocycles. The van der Waals surface area contributed by atoms with E-state index >= 15 is 0 Å². The molecule has 0 fully saturated rings. The zero-order valence-corrected chi connectivity index (χ0v) is 13.2. The van der Waals surface area contributed by atoms with Crippen LogP contribution in [0.2, 0.25) is 0 Å². The van der Waals surface area contributed by atoms with Gasteiger partial charge in [0.1, 0.15) is 14.5 Å². The second-order valence-electron chi connectivity index (χ2n) is 4.38. The summed E-state index contributed by atoms with van der Waals surface area (Å²) in [6.07, 6.45) is 1.52. The smallest absolute Gasteiger partial charge is 0.113 e. The van der Waals surface area contributed by atoms with Crippen molar-refractivity contribution in [2.75, 3.05) is 40.2 Å². The minimum Gasteiger partial charge on any atom is -0.385 e. The van der Waals surface area contributed by atoms with Crippen LogP contribution in [-0.4, -0.2) is 62.0 Å². The van der Waals surface area contributed by atoms with Crippen LogP contribution in [-0.2, 0) is 14.2 Å². The molecule has 0 aliphatic heterocycles. The highest BCUT2D eigenvalue weighted by molar-refractivity contribution is 7.48. The van der Waals surface area contributed by atoms with Crippen molar-refractivity contribution in [3.63, 3.8) is 0 Å². The second kappa shape index (κ2) is 11.1. The van der Waals surface area contributed by atoms with E-state index in [0.29, 0.717) is 19.8 Å². The van der Waals surface area contributed by atoms with Crippen LogP contribution in [0.5, 0.6) is 0 Å². The molecule has 6 heteroatoms. The maximum absolute atomic E-state index is 10.3. The van der Waals surface area contributed by atoms with Crippen molar-refractivity contribution in [1.82, 2.24) is 4.67 Å². The summed E-state index contributed by atoms with van der Waals surface area (Å²) >= 11 is 0. The summed E-state index contributed by atoms with van der Waals surface area (Å²) in [7, 11) is 2.16. The van der Waals surface area contributed by atoms with Crippen LogP contribution >= 0.6 is 8.30 Å². The topological polar surface area (TPSA) is 51.2 Å². The molecule has 18 heavy (non-hydrogen) atoms. The molecule has 0 aromatic carbocycles. The molecule has 0 saturated heterocycles. The van der Waals surface area contributed by atoms with Crippen LogP contribution in [0.1, 0.15) is 27.2 Å². The molecule has 1 N–H and O–H groups in total. The molecule has 110 valence electrons. The van der Waals surface area contributed by atoms with Crippen molar-refractivity contribution < 1.29 is 19.1 Å². The van der Waals surface area contributed by atoms with Crippen LogP contribution in [0, 0.1) is 0 Å². The first-order valence-corrected chi connectivity index (χ1v) is 7.82. The molecule has 0 amide bonds. The van der Waals surface area contributed by atoms with Crippen LogP contribution in [0.15, 0.2) is 0 Å². The van der Waals surface area contributed by atoms with Crippen LogP contribution in [0.25, 0.3) is 0 Å². The molecule has 0 aromatic rings. The van der Waals surface area contributed by atoms with Gasteiger partial charge in [0.2, 0.25) is 0 Å². The van der Waals surface area contributed by atoms with Crippen molar-refractivity contribution in [1.29, 1.82) is 0 Å². The Bertz CT molecular complexity index is 179. The van der Waals surface area contributed by atoms with Gasteiger partial charge in [-0.25, -0.2) is 4.67 Å². The largest absolute Gasteiger partial charge is 0.385 e. The van der Waals surface area contributed by atoms with Gasteiger partial charge in [-0.2, -0.15) is 0 Å². The predicted octanol–water partition coefficient (Wildman–Crippen LogP) is 2.05. The summed E-state index contributed by atoms with van der Waals surface area (Å²) in [6, 6.07) is 0.251. The minimum absolute atomic E-state index is 0.0983. The molecular weight excluding hydrogens is 253 g/mol. The van der Waals surface area contributed by atoms with Gasteiger partial charge in [0.15, 0.2) is 0 Å². The molecule has 2 atom stereocenters. The molecule has 0 heterocycles. The zero-order valence-electron chi connectivity index (χ0n) is 12.3. The fourth-order valence-corrected chi connectivity index (χ4v) is 3.34. The van der Waals surface area contributed by atoms with Gasteiger partial charge >= 0.3 is 0 Å². The zero-order chi connectivity index (χ0) is 14.0. The molecule has 0 aromatic heterocycles. The Hall–Kier alpha value is 0.230. The highest BCUT2D eigenvalue weighted by Gasteiger charge is 2.25. The Morgan fingerprint density at radius 1 is 1.06 bits per heavy atom. The van der Waals surface area contributed by atoms with Crippen LogP contribution in [0.3, 0.4) is 0 Å². The molecule has 0 radical (unpaired) electrons.